The first-order chi connectivity index (χ1) is 15.5. The molecule has 0 spiro atoms. The number of imidazole rings is 1. The van der Waals surface area contributed by atoms with Crippen LogP contribution in [-0.4, -0.2) is 31.7 Å². The van der Waals surface area contributed by atoms with Gasteiger partial charge in [0.25, 0.3) is 10.0 Å². The lowest BCUT2D eigenvalue weighted by atomic mass is 9.85. The number of hydrogen-bond donors (Lipinski definition) is 0. The highest BCUT2D eigenvalue weighted by atomic mass is 32.2. The molecule has 160 valence electrons. The average molecular weight is 444 g/mol. The van der Waals surface area contributed by atoms with Gasteiger partial charge in [-0.1, -0.05) is 24.1 Å². The topological polar surface area (TPSA) is 82.2 Å². The van der Waals surface area contributed by atoms with E-state index >= 15 is 0 Å². The molecule has 0 unspecified atom stereocenters. The van der Waals surface area contributed by atoms with Gasteiger partial charge in [0.2, 0.25) is 0 Å². The lowest BCUT2D eigenvalue weighted by molar-refractivity contribution is 0.402. The third-order valence-electron chi connectivity index (χ3n) is 6.28. The molecule has 0 N–H and O–H groups in total. The molecule has 1 aliphatic carbocycles. The van der Waals surface area contributed by atoms with Gasteiger partial charge >= 0.3 is 0 Å². The molecule has 1 aliphatic rings. The predicted molar refractivity (Wildman–Crippen MR) is 122 cm³/mol. The van der Waals surface area contributed by atoms with Crippen LogP contribution < -0.4 is 0 Å². The first kappa shape index (κ1) is 19.2. The smallest absolute Gasteiger partial charge is 0.269 e. The molecule has 1 aromatic carbocycles. The molecular formula is C24H21N5O2S. The maximum Gasteiger partial charge on any atom is 0.269 e. The Bertz CT molecular complexity index is 1580. The lowest BCUT2D eigenvalue weighted by Gasteiger charge is -2.23. The van der Waals surface area contributed by atoms with Crippen molar-refractivity contribution in [3.63, 3.8) is 0 Å². The fourth-order valence-electron chi connectivity index (χ4n) is 4.17. The van der Waals surface area contributed by atoms with Crippen molar-refractivity contribution in [2.75, 3.05) is 0 Å². The van der Waals surface area contributed by atoms with Crippen LogP contribution in [-0.2, 0) is 10.0 Å². The fourth-order valence-corrected chi connectivity index (χ4v) is 5.49. The molecule has 0 radical (unpaired) electrons. The second-order valence-corrected chi connectivity index (χ2v) is 10.2. The summed E-state index contributed by atoms with van der Waals surface area (Å²) in [6, 6.07) is 10.8. The number of aromatic nitrogens is 5. The van der Waals surface area contributed by atoms with Crippen molar-refractivity contribution in [2.45, 2.75) is 37.0 Å². The molecule has 4 heterocycles. The van der Waals surface area contributed by atoms with Gasteiger partial charge in [-0.25, -0.2) is 27.3 Å². The largest absolute Gasteiger partial charge is 0.306 e. The monoisotopic (exact) mass is 443 g/mol. The van der Waals surface area contributed by atoms with Gasteiger partial charge in [-0.2, -0.15) is 0 Å². The number of benzene rings is 1. The Labute approximate surface area is 185 Å². The number of pyridine rings is 1. The van der Waals surface area contributed by atoms with Crippen LogP contribution in [0.5, 0.6) is 0 Å². The Morgan fingerprint density at radius 2 is 1.81 bits per heavy atom. The molecule has 0 aliphatic heterocycles. The molecule has 1 saturated carbocycles. The van der Waals surface area contributed by atoms with Crippen LogP contribution in [0.3, 0.4) is 0 Å². The Balaban J connectivity index is 1.60. The van der Waals surface area contributed by atoms with Crippen LogP contribution in [0.2, 0.25) is 0 Å². The maximum absolute atomic E-state index is 13.6. The number of hydrogen-bond acceptors (Lipinski definition) is 5. The zero-order chi connectivity index (χ0) is 21.9. The van der Waals surface area contributed by atoms with E-state index in [-0.39, 0.29) is 4.90 Å². The standard InChI is InChI=1S/C24H21N5O2S/c1-16-5-8-19(9-6-16)32(30,31)29-15-21(18-7-10-22-25-11-12-28(22)14-18)20-13-26-23(27-24(20)29)17-3-2-4-17/h5-15,17H,2-4H2,1H3. The van der Waals surface area contributed by atoms with E-state index in [0.29, 0.717) is 17.0 Å². The minimum Gasteiger partial charge on any atom is -0.306 e. The van der Waals surface area contributed by atoms with E-state index in [1.807, 2.05) is 35.9 Å². The zero-order valence-corrected chi connectivity index (χ0v) is 18.3. The van der Waals surface area contributed by atoms with Gasteiger partial charge in [-0.15, -0.1) is 0 Å². The predicted octanol–water partition coefficient (Wildman–Crippen LogP) is 4.56. The third kappa shape index (κ3) is 2.94. The second-order valence-electron chi connectivity index (χ2n) is 8.36. The third-order valence-corrected chi connectivity index (χ3v) is 7.94. The van der Waals surface area contributed by atoms with E-state index < -0.39 is 10.0 Å². The van der Waals surface area contributed by atoms with E-state index in [4.69, 9.17) is 4.98 Å². The van der Waals surface area contributed by atoms with Gasteiger partial charge in [0.1, 0.15) is 11.5 Å². The van der Waals surface area contributed by atoms with Gasteiger partial charge in [0.05, 0.1) is 4.90 Å². The summed E-state index contributed by atoms with van der Waals surface area (Å²) in [7, 11) is -3.83. The first-order valence-electron chi connectivity index (χ1n) is 10.6. The van der Waals surface area contributed by atoms with E-state index in [1.54, 1.807) is 42.9 Å². The van der Waals surface area contributed by atoms with Gasteiger partial charge in [0, 0.05) is 53.4 Å². The highest BCUT2D eigenvalue weighted by Crippen LogP contribution is 2.37. The van der Waals surface area contributed by atoms with E-state index in [1.165, 1.54) is 3.97 Å². The van der Waals surface area contributed by atoms with E-state index in [0.717, 1.165) is 47.4 Å². The number of rotatable bonds is 4. The van der Waals surface area contributed by atoms with Crippen LogP contribution in [0.25, 0.3) is 27.8 Å². The molecule has 6 rings (SSSR count). The highest BCUT2D eigenvalue weighted by Gasteiger charge is 2.27. The van der Waals surface area contributed by atoms with Crippen molar-refractivity contribution in [2.24, 2.45) is 0 Å². The molecule has 32 heavy (non-hydrogen) atoms. The second kappa shape index (κ2) is 7.00. The van der Waals surface area contributed by atoms with Crippen molar-refractivity contribution in [3.05, 3.63) is 78.8 Å². The van der Waals surface area contributed by atoms with E-state index in [2.05, 4.69) is 9.97 Å². The Morgan fingerprint density at radius 1 is 1.00 bits per heavy atom. The van der Waals surface area contributed by atoms with Crippen LogP contribution in [0.15, 0.2) is 72.3 Å². The number of aryl methyl sites for hydroxylation is 1. The Kier molecular flexibility index (Phi) is 4.19. The fraction of sp³-hybridized carbons (Fsp3) is 0.208. The molecule has 1 fully saturated rings. The summed E-state index contributed by atoms with van der Waals surface area (Å²) in [5.41, 5.74) is 3.89. The van der Waals surface area contributed by atoms with Crippen molar-refractivity contribution < 1.29 is 8.42 Å². The summed E-state index contributed by atoms with van der Waals surface area (Å²) < 4.78 is 30.5. The molecule has 0 atom stereocenters. The van der Waals surface area contributed by atoms with Crippen molar-refractivity contribution in [1.82, 2.24) is 23.3 Å². The molecular weight excluding hydrogens is 422 g/mol. The van der Waals surface area contributed by atoms with Crippen LogP contribution >= 0.6 is 0 Å². The van der Waals surface area contributed by atoms with Crippen LogP contribution in [0.1, 0.15) is 36.6 Å². The Hall–Kier alpha value is -3.52. The summed E-state index contributed by atoms with van der Waals surface area (Å²) in [6.07, 6.45) is 12.2. The summed E-state index contributed by atoms with van der Waals surface area (Å²) in [6.45, 7) is 1.93. The molecule has 8 heteroatoms. The summed E-state index contributed by atoms with van der Waals surface area (Å²) in [5.74, 6) is 1.02. The van der Waals surface area contributed by atoms with Crippen LogP contribution in [0, 0.1) is 6.92 Å². The summed E-state index contributed by atoms with van der Waals surface area (Å²) >= 11 is 0. The molecule has 5 aromatic rings. The quantitative estimate of drug-likeness (QED) is 0.407. The van der Waals surface area contributed by atoms with Crippen molar-refractivity contribution >= 4 is 26.7 Å². The average Bonchev–Trinajstić information content (AvgIpc) is 3.37. The minimum atomic E-state index is -3.83. The van der Waals surface area contributed by atoms with Gasteiger partial charge in [0.15, 0.2) is 5.65 Å². The van der Waals surface area contributed by atoms with Crippen LogP contribution in [0.4, 0.5) is 0 Å². The molecule has 7 nitrogen and oxygen atoms in total. The maximum atomic E-state index is 13.6. The summed E-state index contributed by atoms with van der Waals surface area (Å²) in [5, 5.41) is 0.711. The summed E-state index contributed by atoms with van der Waals surface area (Å²) in [4.78, 5) is 13.9. The van der Waals surface area contributed by atoms with E-state index in [9.17, 15) is 8.42 Å². The van der Waals surface area contributed by atoms with Crippen molar-refractivity contribution in [3.8, 4) is 11.1 Å². The van der Waals surface area contributed by atoms with Gasteiger partial charge in [-0.3, -0.25) is 0 Å². The zero-order valence-electron chi connectivity index (χ0n) is 17.5. The normalized spacial score (nSPS) is 14.8. The number of nitrogens with zero attached hydrogens (tertiary/aromatic N) is 5. The minimum absolute atomic E-state index is 0.236. The first-order valence-corrected chi connectivity index (χ1v) is 12.1. The van der Waals surface area contributed by atoms with Gasteiger partial charge < -0.3 is 4.40 Å². The Morgan fingerprint density at radius 3 is 2.56 bits per heavy atom. The molecule has 0 bridgehead atoms. The van der Waals surface area contributed by atoms with Gasteiger partial charge in [-0.05, 0) is 44.0 Å². The SMILES string of the molecule is Cc1ccc(S(=O)(=O)n2cc(-c3ccc4nccn4c3)c3cnc(C4CCC4)nc32)cc1. The molecule has 0 amide bonds. The van der Waals surface area contributed by atoms with Crippen molar-refractivity contribution in [1.29, 1.82) is 0 Å². The lowest BCUT2D eigenvalue weighted by Crippen LogP contribution is -2.15. The molecule has 0 saturated heterocycles. The number of fused-ring (bicyclic) bond motifs is 2. The highest BCUT2D eigenvalue weighted by molar-refractivity contribution is 7.90. The molecule has 4 aromatic heterocycles.